The Hall–Kier alpha value is -3.91. The molecule has 4 rings (SSSR count). The highest BCUT2D eigenvalue weighted by molar-refractivity contribution is 7.09. The zero-order valence-electron chi connectivity index (χ0n) is 18.8. The first kappa shape index (κ1) is 23.3. The molecule has 2 aromatic carbocycles. The van der Waals surface area contributed by atoms with Gasteiger partial charge in [-0.15, -0.1) is 11.3 Å². The molecule has 0 aliphatic carbocycles. The molecule has 0 aliphatic rings. The number of hydrogen-bond donors (Lipinski definition) is 0. The first-order chi connectivity index (χ1) is 16.4. The number of hydrogen-bond acceptors (Lipinski definition) is 7. The molecule has 0 radical (unpaired) electrons. The van der Waals surface area contributed by atoms with Gasteiger partial charge in [0.15, 0.2) is 6.61 Å². The Kier molecular flexibility index (Phi) is 7.08. The molecule has 0 aliphatic heterocycles. The van der Waals surface area contributed by atoms with E-state index in [9.17, 15) is 14.4 Å². The van der Waals surface area contributed by atoms with Crippen molar-refractivity contribution in [1.82, 2.24) is 4.90 Å². The second kappa shape index (κ2) is 10.4. The van der Waals surface area contributed by atoms with Crippen molar-refractivity contribution in [2.24, 2.45) is 0 Å². The van der Waals surface area contributed by atoms with E-state index in [0.29, 0.717) is 23.4 Å². The lowest BCUT2D eigenvalue weighted by atomic mass is 10.1. The number of likely N-dealkylation sites (N-methyl/N-ethyl adjacent to an activating group) is 1. The number of rotatable bonds is 8. The minimum absolute atomic E-state index is 0.267. The lowest BCUT2D eigenvalue weighted by Crippen LogP contribution is -2.30. The average Bonchev–Trinajstić information content (AvgIpc) is 3.34. The fourth-order valence-electron chi connectivity index (χ4n) is 3.34. The second-order valence-corrected chi connectivity index (χ2v) is 8.83. The number of ether oxygens (including phenoxy) is 2. The molecule has 174 valence electrons. The summed E-state index contributed by atoms with van der Waals surface area (Å²) in [4.78, 5) is 38.7. The summed E-state index contributed by atoms with van der Waals surface area (Å²) in [6, 6.07) is 17.4. The molecule has 1 amide bonds. The van der Waals surface area contributed by atoms with Gasteiger partial charge in [0.1, 0.15) is 17.9 Å². The predicted octanol–water partition coefficient (Wildman–Crippen LogP) is 4.56. The second-order valence-electron chi connectivity index (χ2n) is 7.80. The average molecular weight is 478 g/mol. The van der Waals surface area contributed by atoms with Gasteiger partial charge in [-0.1, -0.05) is 18.2 Å². The van der Waals surface area contributed by atoms with E-state index in [1.807, 2.05) is 36.6 Å². The lowest BCUT2D eigenvalue weighted by Gasteiger charge is -2.16. The summed E-state index contributed by atoms with van der Waals surface area (Å²) in [5.41, 5.74) is 2.10. The first-order valence-corrected chi connectivity index (χ1v) is 11.5. The van der Waals surface area contributed by atoms with Crippen LogP contribution in [0.2, 0.25) is 0 Å². The minimum Gasteiger partial charge on any atom is -0.489 e. The normalized spacial score (nSPS) is 10.8. The third kappa shape index (κ3) is 5.71. The molecule has 0 unspecified atom stereocenters. The molecule has 0 N–H and O–H groups in total. The monoisotopic (exact) mass is 477 g/mol. The highest BCUT2D eigenvalue weighted by atomic mass is 32.1. The van der Waals surface area contributed by atoms with Gasteiger partial charge >= 0.3 is 11.6 Å². The summed E-state index contributed by atoms with van der Waals surface area (Å²) in [5, 5.41) is 2.80. The first-order valence-electron chi connectivity index (χ1n) is 10.6. The van der Waals surface area contributed by atoms with E-state index in [-0.39, 0.29) is 19.1 Å². The Bertz CT molecular complexity index is 1360. The van der Waals surface area contributed by atoms with Crippen LogP contribution in [0, 0.1) is 6.92 Å². The van der Waals surface area contributed by atoms with Crippen molar-refractivity contribution in [3.63, 3.8) is 0 Å². The van der Waals surface area contributed by atoms with Crippen molar-refractivity contribution in [2.75, 3.05) is 13.7 Å². The number of carbonyl (C=O) groups excluding carboxylic acids is 2. The number of benzene rings is 2. The van der Waals surface area contributed by atoms with E-state index in [0.717, 1.165) is 21.4 Å². The van der Waals surface area contributed by atoms with E-state index in [1.54, 1.807) is 48.7 Å². The summed E-state index contributed by atoms with van der Waals surface area (Å²) in [6.45, 7) is 2.28. The third-order valence-corrected chi connectivity index (χ3v) is 6.10. The molecule has 4 aromatic rings. The standard InChI is InChI=1S/C26H23NO6S/c1-17-12-25(29)33-23-13-20(9-10-22(17)23)31-15-18-5-7-19(8-6-18)26(30)32-16-24(28)27(2)14-21-4-3-11-34-21/h3-13H,14-16H2,1-2H3. The highest BCUT2D eigenvalue weighted by Crippen LogP contribution is 2.23. The molecular formula is C26H23NO6S. The minimum atomic E-state index is -0.565. The van der Waals surface area contributed by atoms with Gasteiger partial charge in [0.05, 0.1) is 12.1 Å². The van der Waals surface area contributed by atoms with Gasteiger partial charge in [0.25, 0.3) is 5.91 Å². The maximum absolute atomic E-state index is 12.3. The van der Waals surface area contributed by atoms with Crippen LogP contribution < -0.4 is 10.4 Å². The SMILES string of the molecule is Cc1cc(=O)oc2cc(OCc3ccc(C(=O)OCC(=O)N(C)Cc4cccs4)cc3)ccc12. The topological polar surface area (TPSA) is 86.0 Å². The molecule has 0 bridgehead atoms. The van der Waals surface area contributed by atoms with Crippen molar-refractivity contribution < 1.29 is 23.5 Å². The Labute approximate surface area is 200 Å². The van der Waals surface area contributed by atoms with Crippen molar-refractivity contribution in [3.05, 3.63) is 98.0 Å². The summed E-state index contributed by atoms with van der Waals surface area (Å²) in [7, 11) is 1.68. The van der Waals surface area contributed by atoms with Crippen LogP contribution in [0.3, 0.4) is 0 Å². The van der Waals surface area contributed by atoms with Crippen LogP contribution in [0.5, 0.6) is 5.75 Å². The van der Waals surface area contributed by atoms with Gasteiger partial charge in [-0.2, -0.15) is 0 Å². The summed E-state index contributed by atoms with van der Waals surface area (Å²) in [6.07, 6.45) is 0. The zero-order chi connectivity index (χ0) is 24.1. The highest BCUT2D eigenvalue weighted by Gasteiger charge is 2.14. The smallest absolute Gasteiger partial charge is 0.338 e. The number of esters is 1. The molecule has 7 nitrogen and oxygen atoms in total. The number of carbonyl (C=O) groups is 2. The van der Waals surface area contributed by atoms with Crippen molar-refractivity contribution in [2.45, 2.75) is 20.1 Å². The van der Waals surface area contributed by atoms with Crippen molar-refractivity contribution >= 4 is 34.2 Å². The van der Waals surface area contributed by atoms with Crippen LogP contribution in [-0.2, 0) is 22.7 Å². The number of nitrogens with zero attached hydrogens (tertiary/aromatic N) is 1. The van der Waals surface area contributed by atoms with Gasteiger partial charge in [0.2, 0.25) is 0 Å². The van der Waals surface area contributed by atoms with Crippen molar-refractivity contribution in [3.8, 4) is 5.75 Å². The Balaban J connectivity index is 1.29. The summed E-state index contributed by atoms with van der Waals surface area (Å²) >= 11 is 1.57. The summed E-state index contributed by atoms with van der Waals surface area (Å²) in [5.74, 6) is -0.270. The van der Waals surface area contributed by atoms with E-state index < -0.39 is 11.6 Å². The number of amides is 1. The van der Waals surface area contributed by atoms with Crippen LogP contribution in [0.25, 0.3) is 11.0 Å². The molecule has 0 saturated carbocycles. The number of aryl methyl sites for hydroxylation is 1. The van der Waals surface area contributed by atoms with Crippen LogP contribution in [0.4, 0.5) is 0 Å². The molecule has 2 aromatic heterocycles. The third-order valence-electron chi connectivity index (χ3n) is 5.24. The van der Waals surface area contributed by atoms with E-state index >= 15 is 0 Å². The van der Waals surface area contributed by atoms with Crippen LogP contribution in [0.15, 0.2) is 75.3 Å². The molecule has 0 atom stereocenters. The molecule has 0 fully saturated rings. The Morgan fingerprint density at radius 3 is 2.59 bits per heavy atom. The number of thiophene rings is 1. The van der Waals surface area contributed by atoms with Gasteiger partial charge in [0, 0.05) is 29.4 Å². The molecular weight excluding hydrogens is 454 g/mol. The van der Waals surface area contributed by atoms with Gasteiger partial charge < -0.3 is 18.8 Å². The largest absolute Gasteiger partial charge is 0.489 e. The van der Waals surface area contributed by atoms with Crippen LogP contribution >= 0.6 is 11.3 Å². The van der Waals surface area contributed by atoms with Gasteiger partial charge in [-0.25, -0.2) is 9.59 Å². The van der Waals surface area contributed by atoms with E-state index in [1.165, 1.54) is 11.0 Å². The summed E-state index contributed by atoms with van der Waals surface area (Å²) < 4.78 is 16.2. The Morgan fingerprint density at radius 1 is 1.06 bits per heavy atom. The van der Waals surface area contributed by atoms with Crippen LogP contribution in [0.1, 0.15) is 26.4 Å². The number of fused-ring (bicyclic) bond motifs is 1. The fraction of sp³-hybridized carbons (Fsp3) is 0.192. The molecule has 34 heavy (non-hydrogen) atoms. The lowest BCUT2D eigenvalue weighted by molar-refractivity contribution is -0.133. The quantitative estimate of drug-likeness (QED) is 0.273. The molecule has 2 heterocycles. The Morgan fingerprint density at radius 2 is 1.85 bits per heavy atom. The van der Waals surface area contributed by atoms with Gasteiger partial charge in [-0.05, 0) is 53.8 Å². The van der Waals surface area contributed by atoms with E-state index in [4.69, 9.17) is 13.9 Å². The maximum Gasteiger partial charge on any atom is 0.338 e. The van der Waals surface area contributed by atoms with E-state index in [2.05, 4.69) is 0 Å². The van der Waals surface area contributed by atoms with Crippen molar-refractivity contribution in [1.29, 1.82) is 0 Å². The molecule has 0 spiro atoms. The van der Waals surface area contributed by atoms with Crippen LogP contribution in [-0.4, -0.2) is 30.4 Å². The molecule has 8 heteroatoms. The maximum atomic E-state index is 12.3. The predicted molar refractivity (Wildman–Crippen MR) is 129 cm³/mol. The fourth-order valence-corrected chi connectivity index (χ4v) is 4.10. The zero-order valence-corrected chi connectivity index (χ0v) is 19.6. The molecule has 0 saturated heterocycles. The van der Waals surface area contributed by atoms with Gasteiger partial charge in [-0.3, -0.25) is 4.79 Å².